The van der Waals surface area contributed by atoms with E-state index < -0.39 is 27.8 Å². The SMILES string of the molecule is CNc1nc(C=Cc2cncc(OCO[SH](=O)=O)c2)c2c(-c3ccc4ncc(OC5CCCCO5)cc4c3)cn(S(=O)(=O)c3ccc(C)cc3)c2n1. The van der Waals surface area contributed by atoms with Crippen molar-refractivity contribution in [2.75, 3.05) is 25.8 Å². The lowest BCUT2D eigenvalue weighted by Gasteiger charge is -2.23. The van der Waals surface area contributed by atoms with Crippen LogP contribution < -0.4 is 14.8 Å². The third kappa shape index (κ3) is 7.60. The molecule has 2 aromatic carbocycles. The lowest BCUT2D eigenvalue weighted by molar-refractivity contribution is -0.106. The first-order valence-electron chi connectivity index (χ1n) is 16.3. The molecule has 1 unspecified atom stereocenters. The van der Waals surface area contributed by atoms with Gasteiger partial charge in [-0.15, -0.1) is 0 Å². The highest BCUT2D eigenvalue weighted by Crippen LogP contribution is 2.37. The van der Waals surface area contributed by atoms with Crippen molar-refractivity contribution in [3.05, 3.63) is 96.2 Å². The first-order valence-corrected chi connectivity index (χ1v) is 18.9. The molecule has 1 saturated heterocycles. The molecule has 6 aromatic rings. The predicted molar refractivity (Wildman–Crippen MR) is 196 cm³/mol. The summed E-state index contributed by atoms with van der Waals surface area (Å²) in [7, 11) is -5.53. The molecule has 0 radical (unpaired) electrons. The van der Waals surface area contributed by atoms with Crippen molar-refractivity contribution in [3.63, 3.8) is 0 Å². The van der Waals surface area contributed by atoms with Gasteiger partial charge in [-0.05, 0) is 73.4 Å². The van der Waals surface area contributed by atoms with Crippen molar-refractivity contribution >= 4 is 61.0 Å². The van der Waals surface area contributed by atoms with E-state index in [0.29, 0.717) is 40.1 Å². The number of aryl methyl sites for hydroxylation is 1. The molecule has 0 aliphatic carbocycles. The van der Waals surface area contributed by atoms with Crippen molar-refractivity contribution < 1.29 is 35.2 Å². The molecule has 5 heterocycles. The van der Waals surface area contributed by atoms with Gasteiger partial charge in [0.05, 0.1) is 40.5 Å². The zero-order valence-corrected chi connectivity index (χ0v) is 29.8. The molecule has 268 valence electrons. The minimum absolute atomic E-state index is 0.103. The van der Waals surface area contributed by atoms with E-state index in [1.165, 1.54) is 10.2 Å². The normalized spacial score (nSPS) is 15.1. The van der Waals surface area contributed by atoms with Crippen LogP contribution in [0.1, 0.15) is 36.1 Å². The lowest BCUT2D eigenvalue weighted by Crippen LogP contribution is -2.24. The number of rotatable bonds is 12. The van der Waals surface area contributed by atoms with Gasteiger partial charge in [-0.1, -0.05) is 29.8 Å². The second-order valence-corrected chi connectivity index (χ2v) is 14.5. The fraction of sp³-hybridized carbons (Fsp3) is 0.222. The van der Waals surface area contributed by atoms with E-state index in [9.17, 15) is 16.8 Å². The Morgan fingerprint density at radius 3 is 2.62 bits per heavy atom. The highest BCUT2D eigenvalue weighted by Gasteiger charge is 2.26. The van der Waals surface area contributed by atoms with Crippen LogP contribution in [0, 0.1) is 6.92 Å². The molecule has 1 fully saturated rings. The Morgan fingerprint density at radius 1 is 1.00 bits per heavy atom. The van der Waals surface area contributed by atoms with E-state index >= 15 is 0 Å². The van der Waals surface area contributed by atoms with Crippen LogP contribution in [0.25, 0.3) is 45.2 Å². The molecule has 1 aliphatic rings. The maximum atomic E-state index is 14.3. The molecule has 0 bridgehead atoms. The zero-order valence-electron chi connectivity index (χ0n) is 28.1. The molecule has 1 N–H and O–H groups in total. The summed E-state index contributed by atoms with van der Waals surface area (Å²) in [5.41, 5.74) is 4.10. The molecule has 1 atom stereocenters. The number of nitrogens with zero attached hydrogens (tertiary/aromatic N) is 5. The summed E-state index contributed by atoms with van der Waals surface area (Å²) in [5.74, 6) is 1.05. The number of nitrogens with one attached hydrogen (secondary N) is 1. The van der Waals surface area contributed by atoms with Gasteiger partial charge in [-0.2, -0.15) is 4.98 Å². The minimum atomic E-state index is -4.12. The van der Waals surface area contributed by atoms with Crippen LogP contribution in [0.3, 0.4) is 0 Å². The Labute approximate surface area is 301 Å². The molecule has 7 rings (SSSR count). The standard InChI is InChI=1S/C36H34N6O8S2/c1-23-6-10-29(11-7-23)52(45,46)42-21-30(25-9-13-31-26(16-25)17-28(20-39-31)50-33-5-3-4-14-47-33)34-32(40-36(37-2)41-35(34)42)12-8-24-15-27(19-38-18-24)48-22-49-51(43)44/h6-13,15-21,33,51H,3-5,14,22H2,1-2H3,(H,37,40,41). The highest BCUT2D eigenvalue weighted by atomic mass is 32.2. The van der Waals surface area contributed by atoms with Crippen LogP contribution in [0.2, 0.25) is 0 Å². The fourth-order valence-electron chi connectivity index (χ4n) is 5.80. The number of thiol groups is 1. The van der Waals surface area contributed by atoms with Crippen molar-refractivity contribution in [2.45, 2.75) is 37.4 Å². The van der Waals surface area contributed by atoms with Crippen LogP contribution in [-0.2, 0) is 29.9 Å². The molecular formula is C36H34N6O8S2. The van der Waals surface area contributed by atoms with Gasteiger partial charge in [-0.3, -0.25) is 9.97 Å². The number of fused-ring (bicyclic) bond motifs is 2. The van der Waals surface area contributed by atoms with Gasteiger partial charge in [0.15, 0.2) is 11.9 Å². The predicted octanol–water partition coefficient (Wildman–Crippen LogP) is 5.58. The molecule has 0 saturated carbocycles. The Hall–Kier alpha value is -5.42. The number of benzene rings is 2. The average molecular weight is 743 g/mol. The Kier molecular flexibility index (Phi) is 10.1. The van der Waals surface area contributed by atoms with Gasteiger partial charge in [0.25, 0.3) is 21.0 Å². The quantitative estimate of drug-likeness (QED) is 0.118. The molecular weight excluding hydrogens is 709 g/mol. The van der Waals surface area contributed by atoms with Crippen LogP contribution >= 0.6 is 0 Å². The van der Waals surface area contributed by atoms with Crippen molar-refractivity contribution in [2.24, 2.45) is 0 Å². The summed E-state index contributed by atoms with van der Waals surface area (Å²) in [6.45, 7) is 2.04. The van der Waals surface area contributed by atoms with E-state index in [1.54, 1.807) is 68.1 Å². The monoisotopic (exact) mass is 742 g/mol. The second kappa shape index (κ2) is 15.1. The minimum Gasteiger partial charge on any atom is -0.465 e. The summed E-state index contributed by atoms with van der Waals surface area (Å²) in [4.78, 5) is 18.2. The van der Waals surface area contributed by atoms with Gasteiger partial charge in [0.2, 0.25) is 12.7 Å². The zero-order chi connectivity index (χ0) is 36.2. The third-order valence-electron chi connectivity index (χ3n) is 8.37. The first-order chi connectivity index (χ1) is 25.2. The van der Waals surface area contributed by atoms with Gasteiger partial charge < -0.3 is 19.5 Å². The number of hydrogen-bond donors (Lipinski definition) is 2. The van der Waals surface area contributed by atoms with Crippen molar-refractivity contribution in [1.29, 1.82) is 0 Å². The second-order valence-electron chi connectivity index (χ2n) is 11.9. The van der Waals surface area contributed by atoms with Crippen LogP contribution in [-0.4, -0.2) is 67.5 Å². The highest BCUT2D eigenvalue weighted by molar-refractivity contribution is 7.90. The number of ether oxygens (including phenoxy) is 3. The number of aromatic nitrogens is 5. The topological polar surface area (TPSA) is 174 Å². The van der Waals surface area contributed by atoms with Gasteiger partial charge in [0, 0.05) is 36.8 Å². The van der Waals surface area contributed by atoms with Crippen molar-refractivity contribution in [1.82, 2.24) is 23.9 Å². The number of anilines is 1. The largest absolute Gasteiger partial charge is 0.465 e. The molecule has 16 heteroatoms. The van der Waals surface area contributed by atoms with E-state index in [-0.39, 0.29) is 28.5 Å². The molecule has 0 amide bonds. The molecule has 52 heavy (non-hydrogen) atoms. The van der Waals surface area contributed by atoms with Crippen molar-refractivity contribution in [3.8, 4) is 22.6 Å². The Bertz CT molecular complexity index is 2470. The van der Waals surface area contributed by atoms with Crippen LogP contribution in [0.4, 0.5) is 5.95 Å². The van der Waals surface area contributed by atoms with E-state index in [0.717, 1.165) is 35.7 Å². The summed E-state index contributed by atoms with van der Waals surface area (Å²) in [6.07, 6.45) is 12.2. The maximum Gasteiger partial charge on any atom is 0.269 e. The average Bonchev–Trinajstić information content (AvgIpc) is 3.55. The van der Waals surface area contributed by atoms with Crippen LogP contribution in [0.5, 0.6) is 11.5 Å². The summed E-state index contributed by atoms with van der Waals surface area (Å²) < 4.78 is 72.9. The number of pyridine rings is 2. The molecule has 4 aromatic heterocycles. The van der Waals surface area contributed by atoms with E-state index in [2.05, 4.69) is 24.5 Å². The Morgan fingerprint density at radius 2 is 1.85 bits per heavy atom. The summed E-state index contributed by atoms with van der Waals surface area (Å²) >= 11 is 0. The van der Waals surface area contributed by atoms with Gasteiger partial charge in [-0.25, -0.2) is 30.0 Å². The lowest BCUT2D eigenvalue weighted by atomic mass is 10.0. The van der Waals surface area contributed by atoms with Crippen LogP contribution in [0.15, 0.2) is 84.3 Å². The summed E-state index contributed by atoms with van der Waals surface area (Å²) in [6, 6.07) is 15.8. The third-order valence-corrected chi connectivity index (χ3v) is 10.3. The van der Waals surface area contributed by atoms with Gasteiger partial charge in [0.1, 0.15) is 11.5 Å². The fourth-order valence-corrected chi connectivity index (χ4v) is 7.25. The van der Waals surface area contributed by atoms with E-state index in [4.69, 9.17) is 19.2 Å². The Balaban J connectivity index is 1.37. The maximum absolute atomic E-state index is 14.3. The summed E-state index contributed by atoms with van der Waals surface area (Å²) in [5, 5.41) is 4.21. The van der Waals surface area contributed by atoms with E-state index in [1.807, 2.05) is 31.2 Å². The molecule has 14 nitrogen and oxygen atoms in total. The number of hydrogen-bond acceptors (Lipinski definition) is 13. The smallest absolute Gasteiger partial charge is 0.269 e. The molecule has 1 aliphatic heterocycles. The first kappa shape index (κ1) is 35.0. The molecule has 0 spiro atoms. The van der Waals surface area contributed by atoms with Gasteiger partial charge >= 0.3 is 0 Å².